The highest BCUT2D eigenvalue weighted by Crippen LogP contribution is 2.26. The smallest absolute Gasteiger partial charge is 0.275 e. The zero-order valence-corrected chi connectivity index (χ0v) is 17.3. The van der Waals surface area contributed by atoms with Gasteiger partial charge in [-0.2, -0.15) is 5.10 Å². The largest absolute Gasteiger partial charge is 0.497 e. The molecule has 1 aliphatic heterocycles. The molecule has 1 unspecified atom stereocenters. The van der Waals surface area contributed by atoms with E-state index >= 15 is 0 Å². The van der Waals surface area contributed by atoms with Gasteiger partial charge in [-0.1, -0.05) is 31.2 Å². The van der Waals surface area contributed by atoms with Crippen molar-refractivity contribution >= 4 is 28.2 Å². The number of carbonyl (C=O) groups excluding carboxylic acids is 1. The Labute approximate surface area is 175 Å². The number of piperidine rings is 1. The van der Waals surface area contributed by atoms with Crippen LogP contribution in [-0.2, 0) is 11.3 Å². The number of ether oxygens (including phenoxy) is 1. The first-order valence-electron chi connectivity index (χ1n) is 10.2. The van der Waals surface area contributed by atoms with Gasteiger partial charge in [0, 0.05) is 30.2 Å². The average Bonchev–Trinajstić information content (AvgIpc) is 2.76. The molecule has 1 amide bonds. The molecule has 4 rings (SSSR count). The third-order valence-corrected chi connectivity index (χ3v) is 5.45. The molecule has 3 aromatic rings. The molecule has 0 radical (unpaired) electrons. The molecular formula is C23H26N4O3. The van der Waals surface area contributed by atoms with Gasteiger partial charge < -0.3 is 15.0 Å². The maximum absolute atomic E-state index is 13.0. The monoisotopic (exact) mass is 406 g/mol. The summed E-state index contributed by atoms with van der Waals surface area (Å²) in [6.45, 7) is 3.87. The van der Waals surface area contributed by atoms with Crippen LogP contribution in [-0.4, -0.2) is 35.9 Å². The quantitative estimate of drug-likeness (QED) is 0.704. The molecule has 7 heteroatoms. The number of anilines is 2. The summed E-state index contributed by atoms with van der Waals surface area (Å²) in [7, 11) is 1.57. The molecule has 1 saturated heterocycles. The molecule has 156 valence electrons. The predicted molar refractivity (Wildman–Crippen MR) is 118 cm³/mol. The Hall–Kier alpha value is -3.35. The first-order valence-corrected chi connectivity index (χ1v) is 10.2. The van der Waals surface area contributed by atoms with Crippen LogP contribution in [0, 0.1) is 5.92 Å². The highest BCUT2D eigenvalue weighted by molar-refractivity contribution is 5.93. The number of fused-ring (bicyclic) bond motifs is 1. The Kier molecular flexibility index (Phi) is 5.70. The third kappa shape index (κ3) is 4.15. The highest BCUT2D eigenvalue weighted by atomic mass is 16.5. The van der Waals surface area contributed by atoms with Crippen LogP contribution < -0.4 is 20.5 Å². The molecule has 1 N–H and O–H groups in total. The molecule has 2 heterocycles. The van der Waals surface area contributed by atoms with Crippen molar-refractivity contribution in [2.45, 2.75) is 26.3 Å². The number of nitrogens with one attached hydrogen (secondary N) is 1. The Morgan fingerprint density at radius 3 is 2.77 bits per heavy atom. The van der Waals surface area contributed by atoms with E-state index in [2.05, 4.69) is 22.2 Å². The van der Waals surface area contributed by atoms with Gasteiger partial charge in [0.2, 0.25) is 5.91 Å². The van der Waals surface area contributed by atoms with Crippen LogP contribution in [0.25, 0.3) is 10.8 Å². The summed E-state index contributed by atoms with van der Waals surface area (Å²) in [5.74, 6) is 1.67. The van der Waals surface area contributed by atoms with Crippen molar-refractivity contribution < 1.29 is 9.53 Å². The summed E-state index contributed by atoms with van der Waals surface area (Å²) in [5, 5.41) is 8.85. The summed E-state index contributed by atoms with van der Waals surface area (Å²) in [5.41, 5.74) is 0.346. The lowest BCUT2D eigenvalue weighted by molar-refractivity contribution is -0.117. The minimum atomic E-state index is -0.314. The second-order valence-corrected chi connectivity index (χ2v) is 7.81. The molecule has 1 aromatic heterocycles. The fourth-order valence-corrected chi connectivity index (χ4v) is 3.98. The second-order valence-electron chi connectivity index (χ2n) is 7.81. The Balaban J connectivity index is 1.65. The summed E-state index contributed by atoms with van der Waals surface area (Å²) in [6.07, 6.45) is 2.28. The lowest BCUT2D eigenvalue weighted by Crippen LogP contribution is -2.38. The van der Waals surface area contributed by atoms with Crippen LogP contribution in [0.3, 0.4) is 0 Å². The number of rotatable bonds is 5. The van der Waals surface area contributed by atoms with Gasteiger partial charge in [0.1, 0.15) is 12.3 Å². The van der Waals surface area contributed by atoms with Gasteiger partial charge in [-0.25, -0.2) is 4.68 Å². The predicted octanol–water partition coefficient (Wildman–Crippen LogP) is 3.28. The molecule has 0 saturated carbocycles. The van der Waals surface area contributed by atoms with E-state index in [0.717, 1.165) is 30.7 Å². The van der Waals surface area contributed by atoms with Gasteiger partial charge in [-0.05, 0) is 37.0 Å². The number of nitrogens with zero attached hydrogens (tertiary/aromatic N) is 3. The lowest BCUT2D eigenvalue weighted by atomic mass is 10.00. The minimum Gasteiger partial charge on any atom is -0.497 e. The normalized spacial score (nSPS) is 16.5. The van der Waals surface area contributed by atoms with Gasteiger partial charge in [-0.3, -0.25) is 9.59 Å². The van der Waals surface area contributed by atoms with E-state index in [4.69, 9.17) is 4.74 Å². The number of hydrogen-bond donors (Lipinski definition) is 1. The van der Waals surface area contributed by atoms with Crippen molar-refractivity contribution in [2.24, 2.45) is 5.92 Å². The van der Waals surface area contributed by atoms with Gasteiger partial charge in [0.15, 0.2) is 5.82 Å². The van der Waals surface area contributed by atoms with E-state index in [1.807, 2.05) is 18.2 Å². The van der Waals surface area contributed by atoms with Gasteiger partial charge in [0.05, 0.1) is 12.5 Å². The highest BCUT2D eigenvalue weighted by Gasteiger charge is 2.22. The lowest BCUT2D eigenvalue weighted by Gasteiger charge is -2.32. The van der Waals surface area contributed by atoms with Crippen LogP contribution in [0.1, 0.15) is 19.8 Å². The molecule has 2 aromatic carbocycles. The number of aromatic nitrogens is 2. The number of benzene rings is 2. The molecular weight excluding hydrogens is 380 g/mol. The van der Waals surface area contributed by atoms with Crippen molar-refractivity contribution in [2.75, 3.05) is 30.4 Å². The van der Waals surface area contributed by atoms with Crippen molar-refractivity contribution in [1.82, 2.24) is 9.78 Å². The van der Waals surface area contributed by atoms with Crippen molar-refractivity contribution in [3.63, 3.8) is 0 Å². The molecule has 0 bridgehead atoms. The second kappa shape index (κ2) is 8.57. The third-order valence-electron chi connectivity index (χ3n) is 5.45. The Bertz CT molecular complexity index is 1120. The zero-order valence-electron chi connectivity index (χ0n) is 17.3. The fourth-order valence-electron chi connectivity index (χ4n) is 3.98. The molecule has 1 aliphatic rings. The molecule has 0 spiro atoms. The summed E-state index contributed by atoms with van der Waals surface area (Å²) < 4.78 is 6.46. The van der Waals surface area contributed by atoms with Crippen LogP contribution in [0.2, 0.25) is 0 Å². The molecule has 7 nitrogen and oxygen atoms in total. The van der Waals surface area contributed by atoms with Gasteiger partial charge in [-0.15, -0.1) is 0 Å². The van der Waals surface area contributed by atoms with E-state index in [9.17, 15) is 9.59 Å². The Morgan fingerprint density at radius 1 is 1.20 bits per heavy atom. The maximum Gasteiger partial charge on any atom is 0.275 e. The average molecular weight is 406 g/mol. The van der Waals surface area contributed by atoms with Crippen LogP contribution in [0.5, 0.6) is 5.75 Å². The minimum absolute atomic E-state index is 0.155. The van der Waals surface area contributed by atoms with E-state index in [-0.39, 0.29) is 18.0 Å². The van der Waals surface area contributed by atoms with E-state index in [1.165, 1.54) is 11.1 Å². The Morgan fingerprint density at radius 2 is 2.00 bits per heavy atom. The SMILES string of the molecule is COc1cccc(NC(=O)Cn2nc(N3CCCC(C)C3)c3ccccc3c2=O)c1. The van der Waals surface area contributed by atoms with Gasteiger partial charge in [0.25, 0.3) is 5.56 Å². The van der Waals surface area contributed by atoms with Gasteiger partial charge >= 0.3 is 0 Å². The first-order chi connectivity index (χ1) is 14.5. The van der Waals surface area contributed by atoms with E-state index in [1.54, 1.807) is 37.4 Å². The van der Waals surface area contributed by atoms with Crippen molar-refractivity contribution in [3.8, 4) is 5.75 Å². The molecule has 1 fully saturated rings. The maximum atomic E-state index is 13.0. The van der Waals surface area contributed by atoms with Crippen LogP contribution >= 0.6 is 0 Å². The van der Waals surface area contributed by atoms with E-state index < -0.39 is 0 Å². The topological polar surface area (TPSA) is 76.5 Å². The standard InChI is InChI=1S/C23H26N4O3/c1-16-7-6-12-26(14-16)22-19-10-3-4-11-20(19)23(29)27(25-22)15-21(28)24-17-8-5-9-18(13-17)30-2/h3-5,8-11,13,16H,6-7,12,14-15H2,1-2H3,(H,24,28). The summed E-state index contributed by atoms with van der Waals surface area (Å²) in [6, 6.07) is 14.6. The number of methoxy groups -OCH3 is 1. The van der Waals surface area contributed by atoms with Crippen LogP contribution in [0.15, 0.2) is 53.3 Å². The molecule has 0 aliphatic carbocycles. The fraction of sp³-hybridized carbons (Fsp3) is 0.348. The number of hydrogen-bond acceptors (Lipinski definition) is 5. The summed E-state index contributed by atoms with van der Waals surface area (Å²) >= 11 is 0. The van der Waals surface area contributed by atoms with Crippen molar-refractivity contribution in [3.05, 3.63) is 58.9 Å². The molecule has 30 heavy (non-hydrogen) atoms. The number of amides is 1. The first kappa shape index (κ1) is 19.9. The number of carbonyl (C=O) groups is 1. The van der Waals surface area contributed by atoms with Crippen LogP contribution in [0.4, 0.5) is 11.5 Å². The van der Waals surface area contributed by atoms with Crippen molar-refractivity contribution in [1.29, 1.82) is 0 Å². The zero-order chi connectivity index (χ0) is 21.1. The van der Waals surface area contributed by atoms with E-state index in [0.29, 0.717) is 22.7 Å². The molecule has 1 atom stereocenters. The summed E-state index contributed by atoms with van der Waals surface area (Å²) in [4.78, 5) is 27.9.